The molecule has 5 nitrogen and oxygen atoms in total. The van der Waals surface area contributed by atoms with Crippen LogP contribution in [0.4, 0.5) is 0 Å². The average molecular weight is 196 g/mol. The van der Waals surface area contributed by atoms with Gasteiger partial charge >= 0.3 is 0 Å². The van der Waals surface area contributed by atoms with Crippen LogP contribution < -0.4 is 5.32 Å². The summed E-state index contributed by atoms with van der Waals surface area (Å²) in [7, 11) is 1.76. The van der Waals surface area contributed by atoms with E-state index in [-0.39, 0.29) is 5.78 Å². The molecule has 1 rings (SSSR count). The van der Waals surface area contributed by atoms with Crippen LogP contribution in [0, 0.1) is 0 Å². The van der Waals surface area contributed by atoms with Crippen LogP contribution in [-0.4, -0.2) is 34.1 Å². The molecule has 0 aliphatic carbocycles. The van der Waals surface area contributed by atoms with Crippen molar-refractivity contribution in [2.75, 3.05) is 13.6 Å². The highest BCUT2D eigenvalue weighted by molar-refractivity contribution is 5.82. The fourth-order valence-electron chi connectivity index (χ4n) is 1.26. The molecule has 0 aliphatic heterocycles. The Morgan fingerprint density at radius 3 is 3.07 bits per heavy atom. The summed E-state index contributed by atoms with van der Waals surface area (Å²) in [5.41, 5.74) is 0. The molecule has 1 aromatic heterocycles. The Morgan fingerprint density at radius 2 is 2.43 bits per heavy atom. The van der Waals surface area contributed by atoms with E-state index >= 15 is 0 Å². The molecule has 5 heteroatoms. The number of carbonyl (C=O) groups excluding carboxylic acids is 1. The normalized spacial score (nSPS) is 10.4. The van der Waals surface area contributed by atoms with E-state index in [0.717, 1.165) is 18.8 Å². The fraction of sp³-hybridized carbons (Fsp3) is 0.667. The molecule has 0 atom stereocenters. The Labute approximate surface area is 83.5 Å². The molecular formula is C9H16N4O. The van der Waals surface area contributed by atoms with Gasteiger partial charge in [0.15, 0.2) is 5.78 Å². The molecule has 78 valence electrons. The van der Waals surface area contributed by atoms with Crippen molar-refractivity contribution in [2.45, 2.75) is 26.3 Å². The lowest BCUT2D eigenvalue weighted by molar-refractivity contribution is -0.117. The molecule has 14 heavy (non-hydrogen) atoms. The zero-order valence-corrected chi connectivity index (χ0v) is 8.66. The maximum Gasteiger partial charge on any atom is 0.154 e. The number of rotatable bonds is 6. The highest BCUT2D eigenvalue weighted by atomic mass is 16.1. The lowest BCUT2D eigenvalue weighted by atomic mass is 10.2. The van der Waals surface area contributed by atoms with E-state index < -0.39 is 0 Å². The van der Waals surface area contributed by atoms with Crippen LogP contribution in [0.5, 0.6) is 0 Å². The molecule has 0 unspecified atom stereocenters. The second-order valence-electron chi connectivity index (χ2n) is 3.15. The molecule has 0 spiro atoms. The first-order valence-electron chi connectivity index (χ1n) is 4.81. The monoisotopic (exact) mass is 196 g/mol. The van der Waals surface area contributed by atoms with Gasteiger partial charge in [0.1, 0.15) is 12.2 Å². The number of likely N-dealkylation sites (N-methyl/N-ethyl adjacent to an activating group) is 1. The van der Waals surface area contributed by atoms with Crippen LogP contribution >= 0.6 is 0 Å². The number of aromatic nitrogens is 3. The van der Waals surface area contributed by atoms with E-state index in [1.54, 1.807) is 11.7 Å². The summed E-state index contributed by atoms with van der Waals surface area (Å²) in [5.74, 6) is 0.893. The predicted octanol–water partition coefficient (Wildman–Crippen LogP) is 0.0191. The first-order valence-corrected chi connectivity index (χ1v) is 4.81. The van der Waals surface area contributed by atoms with E-state index in [1.165, 1.54) is 6.33 Å². The lowest BCUT2D eigenvalue weighted by Gasteiger charge is -2.03. The SMILES string of the molecule is CCCn1ncnc1CC(=O)CNC. The van der Waals surface area contributed by atoms with Crippen LogP contribution in [0.25, 0.3) is 0 Å². The molecule has 0 bridgehead atoms. The smallest absolute Gasteiger partial charge is 0.154 e. The van der Waals surface area contributed by atoms with Gasteiger partial charge in [0.25, 0.3) is 0 Å². The Morgan fingerprint density at radius 1 is 1.64 bits per heavy atom. The second-order valence-corrected chi connectivity index (χ2v) is 3.15. The van der Waals surface area contributed by atoms with Crippen molar-refractivity contribution in [3.05, 3.63) is 12.2 Å². The third kappa shape index (κ3) is 2.92. The van der Waals surface area contributed by atoms with Gasteiger partial charge in [0.05, 0.1) is 13.0 Å². The summed E-state index contributed by atoms with van der Waals surface area (Å²) in [4.78, 5) is 15.4. The Bertz CT molecular complexity index is 295. The van der Waals surface area contributed by atoms with Gasteiger partial charge < -0.3 is 5.32 Å². The number of Topliss-reactive ketones (excluding diaryl/α,β-unsaturated/α-hetero) is 1. The topological polar surface area (TPSA) is 59.8 Å². The molecule has 1 aromatic rings. The lowest BCUT2D eigenvalue weighted by Crippen LogP contribution is -2.22. The van der Waals surface area contributed by atoms with Crippen LogP contribution in [-0.2, 0) is 17.8 Å². The first-order chi connectivity index (χ1) is 6.77. The van der Waals surface area contributed by atoms with Gasteiger partial charge in [-0.1, -0.05) is 6.92 Å². The third-order valence-electron chi connectivity index (χ3n) is 1.86. The third-order valence-corrected chi connectivity index (χ3v) is 1.86. The molecule has 0 radical (unpaired) electrons. The van der Waals surface area contributed by atoms with Crippen molar-refractivity contribution in [3.8, 4) is 0 Å². The largest absolute Gasteiger partial charge is 0.313 e. The van der Waals surface area contributed by atoms with Gasteiger partial charge in [0.2, 0.25) is 0 Å². The molecule has 0 fully saturated rings. The van der Waals surface area contributed by atoms with Crippen molar-refractivity contribution < 1.29 is 4.79 Å². The van der Waals surface area contributed by atoms with E-state index in [0.29, 0.717) is 13.0 Å². The van der Waals surface area contributed by atoms with Crippen molar-refractivity contribution in [3.63, 3.8) is 0 Å². The highest BCUT2D eigenvalue weighted by Crippen LogP contribution is 1.97. The molecule has 0 aromatic carbocycles. The van der Waals surface area contributed by atoms with E-state index in [2.05, 4.69) is 22.3 Å². The zero-order chi connectivity index (χ0) is 10.4. The van der Waals surface area contributed by atoms with E-state index in [4.69, 9.17) is 0 Å². The molecule has 0 saturated heterocycles. The number of hydrogen-bond acceptors (Lipinski definition) is 4. The Kier molecular flexibility index (Phi) is 4.25. The number of aryl methyl sites for hydroxylation is 1. The van der Waals surface area contributed by atoms with Gasteiger partial charge in [0, 0.05) is 6.54 Å². The number of hydrogen-bond donors (Lipinski definition) is 1. The first kappa shape index (κ1) is 10.8. The van der Waals surface area contributed by atoms with Gasteiger partial charge in [-0.15, -0.1) is 0 Å². The van der Waals surface area contributed by atoms with Crippen molar-refractivity contribution in [1.29, 1.82) is 0 Å². The summed E-state index contributed by atoms with van der Waals surface area (Å²) in [6.07, 6.45) is 2.86. The van der Waals surface area contributed by atoms with Crippen LogP contribution in [0.2, 0.25) is 0 Å². The number of carbonyl (C=O) groups is 1. The van der Waals surface area contributed by atoms with Crippen molar-refractivity contribution in [2.24, 2.45) is 0 Å². The Balaban J connectivity index is 2.56. The maximum absolute atomic E-state index is 11.3. The number of nitrogens with zero attached hydrogens (tertiary/aromatic N) is 3. The van der Waals surface area contributed by atoms with Crippen molar-refractivity contribution in [1.82, 2.24) is 20.1 Å². The molecular weight excluding hydrogens is 180 g/mol. The molecule has 0 aliphatic rings. The van der Waals surface area contributed by atoms with Gasteiger partial charge in [-0.05, 0) is 13.5 Å². The fourth-order valence-corrected chi connectivity index (χ4v) is 1.26. The minimum absolute atomic E-state index is 0.137. The highest BCUT2D eigenvalue weighted by Gasteiger charge is 2.08. The second kappa shape index (κ2) is 5.49. The molecule has 0 amide bonds. The quantitative estimate of drug-likeness (QED) is 0.696. The minimum Gasteiger partial charge on any atom is -0.313 e. The maximum atomic E-state index is 11.3. The van der Waals surface area contributed by atoms with Crippen LogP contribution in [0.15, 0.2) is 6.33 Å². The summed E-state index contributed by atoms with van der Waals surface area (Å²) in [5, 5.41) is 6.88. The minimum atomic E-state index is 0.137. The summed E-state index contributed by atoms with van der Waals surface area (Å²) >= 11 is 0. The predicted molar refractivity (Wildman–Crippen MR) is 53.0 cm³/mol. The standard InChI is InChI=1S/C9H16N4O/c1-3-4-13-9(11-7-12-13)5-8(14)6-10-2/h7,10H,3-6H2,1-2H3. The Hall–Kier alpha value is -1.23. The summed E-state index contributed by atoms with van der Waals surface area (Å²) in [6, 6.07) is 0. The van der Waals surface area contributed by atoms with E-state index in [9.17, 15) is 4.79 Å². The number of ketones is 1. The summed E-state index contributed by atoms with van der Waals surface area (Å²) in [6.45, 7) is 3.28. The van der Waals surface area contributed by atoms with Crippen LogP contribution in [0.1, 0.15) is 19.2 Å². The van der Waals surface area contributed by atoms with Gasteiger partial charge in [-0.2, -0.15) is 5.10 Å². The molecule has 0 saturated carbocycles. The number of nitrogens with one attached hydrogen (secondary N) is 1. The molecule has 1 N–H and O–H groups in total. The summed E-state index contributed by atoms with van der Waals surface area (Å²) < 4.78 is 1.79. The van der Waals surface area contributed by atoms with E-state index in [1.807, 2.05) is 0 Å². The van der Waals surface area contributed by atoms with Crippen molar-refractivity contribution >= 4 is 5.78 Å². The average Bonchev–Trinajstić information content (AvgIpc) is 2.54. The molecule has 1 heterocycles. The zero-order valence-electron chi connectivity index (χ0n) is 8.66. The van der Waals surface area contributed by atoms with Gasteiger partial charge in [-0.25, -0.2) is 9.67 Å². The van der Waals surface area contributed by atoms with Gasteiger partial charge in [-0.3, -0.25) is 4.79 Å². The van der Waals surface area contributed by atoms with Crippen LogP contribution in [0.3, 0.4) is 0 Å².